The maximum absolute atomic E-state index is 12.6. The van der Waals surface area contributed by atoms with Gasteiger partial charge in [0.2, 0.25) is 6.29 Å². The van der Waals surface area contributed by atoms with Gasteiger partial charge in [-0.1, -0.05) is 34.4 Å². The SMILES string of the molecule is CC(=O)c1c(C)c(O)c2cc(C(=O)O)cc(O[C@@H]3O[C@H](CO)[C@]4(CC[C@@]56C[C@]7(C[C@H]8COC[C@@](CCCO)(CSSCO4)[C@@H]85)CC4(CCCC4)C[C@@H]7NN6)[C@H](O)[C@H]3O)c2c1O. The van der Waals surface area contributed by atoms with Crippen LogP contribution in [0.1, 0.15) is 110 Å². The smallest absolute Gasteiger partial charge is 0.335 e. The number of hydrogen-bond donors (Lipinski definition) is 9. The Balaban J connectivity index is 1.09. The van der Waals surface area contributed by atoms with Crippen molar-refractivity contribution in [2.24, 2.45) is 28.1 Å². The fourth-order valence-electron chi connectivity index (χ4n) is 13.9. The van der Waals surface area contributed by atoms with Gasteiger partial charge < -0.3 is 54.7 Å². The average Bonchev–Trinajstić information content (AvgIpc) is 3.80. The van der Waals surface area contributed by atoms with Crippen molar-refractivity contribution in [1.82, 2.24) is 10.9 Å². The van der Waals surface area contributed by atoms with E-state index in [9.17, 15) is 45.3 Å². The maximum Gasteiger partial charge on any atom is 0.335 e. The topological polar surface area (TPSA) is 237 Å². The number of aromatic carboxylic acids is 1. The van der Waals surface area contributed by atoms with Gasteiger partial charge in [-0.3, -0.25) is 15.6 Å². The summed E-state index contributed by atoms with van der Waals surface area (Å²) in [5.41, 5.74) is 5.32. The second kappa shape index (κ2) is 16.2. The Morgan fingerprint density at radius 2 is 1.80 bits per heavy atom. The Morgan fingerprint density at radius 1 is 1.02 bits per heavy atom. The molecule has 4 spiro atoms. The van der Waals surface area contributed by atoms with Crippen molar-refractivity contribution in [1.29, 1.82) is 0 Å². The number of phenols is 2. The molecule has 2 aromatic rings. The lowest BCUT2D eigenvalue weighted by molar-refractivity contribution is -0.323. The third kappa shape index (κ3) is 6.98. The molecular formula is C44H60N2O13S2. The van der Waals surface area contributed by atoms with E-state index >= 15 is 0 Å². The summed E-state index contributed by atoms with van der Waals surface area (Å²) in [5, 5.41) is 78.0. The Bertz CT molecular complexity index is 2050. The number of benzene rings is 2. The van der Waals surface area contributed by atoms with Crippen molar-refractivity contribution in [2.75, 3.05) is 38.1 Å². The van der Waals surface area contributed by atoms with Gasteiger partial charge in [0.15, 0.2) is 5.78 Å². The first-order chi connectivity index (χ1) is 29.2. The molecule has 0 amide bonds. The second-order valence-electron chi connectivity index (χ2n) is 19.5. The Labute approximate surface area is 363 Å². The highest BCUT2D eigenvalue weighted by Gasteiger charge is 2.70. The third-order valence-corrected chi connectivity index (χ3v) is 18.4. The molecule has 0 unspecified atom stereocenters. The number of carboxylic acids is 1. The number of carboxylic acid groups (broad SMARTS) is 1. The number of rotatable bonds is 8. The van der Waals surface area contributed by atoms with E-state index < -0.39 is 65.6 Å². The minimum atomic E-state index is -1.81. The van der Waals surface area contributed by atoms with Crippen LogP contribution in [0.4, 0.5) is 0 Å². The standard InChI is InChI=1S/C44H60N2O13S2/c1-23-31(24(2)49)34(51)32-27(33(23)50)12-25(38(54)55)13-28(32)58-39-35(52)37(53)44(30(16-48)59-39)10-9-43-19-42(18-40(6-3-4-7-40)15-29(42)45-46-43)14-26-17-56-20-41(36(26)43,8-5-11-47)21-60-61-22-57-44/h12-13,26,29-30,35-37,39,45-48,50-53H,3-11,14-22H2,1-2H3,(H,54,55)/t26-,29-,30+,35+,36+,37+,39+,41-,42-,43+,44+/m0/s1. The molecule has 2 bridgehead atoms. The molecule has 17 heteroatoms. The number of fused-ring (bicyclic) bond motifs is 1. The zero-order valence-electron chi connectivity index (χ0n) is 34.8. The first-order valence-electron chi connectivity index (χ1n) is 21.8. The van der Waals surface area contributed by atoms with Gasteiger partial charge in [0.1, 0.15) is 47.1 Å². The number of Topliss-reactive ketones (excluding diaryl/α,β-unsaturated/α-hetero) is 1. The van der Waals surface area contributed by atoms with Crippen LogP contribution in [0.15, 0.2) is 12.1 Å². The number of ketones is 1. The average molecular weight is 889 g/mol. The van der Waals surface area contributed by atoms with Gasteiger partial charge in [-0.25, -0.2) is 4.79 Å². The van der Waals surface area contributed by atoms with Crippen molar-refractivity contribution in [3.8, 4) is 17.2 Å². The highest BCUT2D eigenvalue weighted by molar-refractivity contribution is 8.76. The summed E-state index contributed by atoms with van der Waals surface area (Å²) in [4.78, 5) is 24.9. The van der Waals surface area contributed by atoms with Gasteiger partial charge in [-0.2, -0.15) is 0 Å². The third-order valence-electron chi connectivity index (χ3n) is 16.2. The molecule has 2 aromatic carbocycles. The van der Waals surface area contributed by atoms with Crippen molar-refractivity contribution in [2.45, 2.75) is 133 Å². The van der Waals surface area contributed by atoms with E-state index in [0.29, 0.717) is 37.5 Å². The molecule has 61 heavy (non-hydrogen) atoms. The Kier molecular flexibility index (Phi) is 11.7. The zero-order valence-corrected chi connectivity index (χ0v) is 36.5. The molecule has 4 saturated heterocycles. The number of aliphatic hydroxyl groups is 4. The molecule has 336 valence electrons. The molecule has 7 fully saturated rings. The minimum absolute atomic E-state index is 0.0286. The minimum Gasteiger partial charge on any atom is -0.507 e. The van der Waals surface area contributed by atoms with Crippen LogP contribution in [-0.4, -0.2) is 127 Å². The van der Waals surface area contributed by atoms with Crippen LogP contribution < -0.4 is 15.6 Å². The number of ether oxygens (including phenoxy) is 4. The van der Waals surface area contributed by atoms with Gasteiger partial charge in [0.05, 0.1) is 29.7 Å². The molecule has 9 rings (SSSR count). The van der Waals surface area contributed by atoms with Gasteiger partial charge >= 0.3 is 5.97 Å². The summed E-state index contributed by atoms with van der Waals surface area (Å²) in [5.74, 6) is -2.02. The van der Waals surface area contributed by atoms with E-state index in [1.807, 2.05) is 0 Å². The van der Waals surface area contributed by atoms with E-state index in [0.717, 1.165) is 50.0 Å². The number of carbonyl (C=O) groups is 2. The molecule has 4 heterocycles. The van der Waals surface area contributed by atoms with Gasteiger partial charge in [-0.15, -0.1) is 0 Å². The van der Waals surface area contributed by atoms with Crippen LogP contribution in [0.3, 0.4) is 0 Å². The Hall–Kier alpha value is -2.42. The van der Waals surface area contributed by atoms with E-state index in [-0.39, 0.29) is 74.8 Å². The first kappa shape index (κ1) is 43.8. The number of aromatic hydroxyl groups is 2. The molecule has 9 N–H and O–H groups in total. The predicted octanol–water partition coefficient (Wildman–Crippen LogP) is 4.54. The number of aliphatic hydroxyl groups excluding tert-OH is 4. The molecule has 4 aliphatic heterocycles. The lowest BCUT2D eigenvalue weighted by Gasteiger charge is -2.67. The van der Waals surface area contributed by atoms with Crippen LogP contribution in [0.2, 0.25) is 0 Å². The van der Waals surface area contributed by atoms with Gasteiger partial charge in [0.25, 0.3) is 0 Å². The summed E-state index contributed by atoms with van der Waals surface area (Å²) in [7, 11) is 3.13. The van der Waals surface area contributed by atoms with E-state index in [1.54, 1.807) is 10.8 Å². The van der Waals surface area contributed by atoms with Crippen LogP contribution in [0.25, 0.3) is 10.8 Å². The lowest BCUT2D eigenvalue weighted by atomic mass is 9.46. The van der Waals surface area contributed by atoms with Crippen molar-refractivity contribution in [3.05, 3.63) is 28.8 Å². The zero-order chi connectivity index (χ0) is 43.1. The highest BCUT2D eigenvalue weighted by Crippen LogP contribution is 2.69. The molecule has 3 aliphatic carbocycles. The molecule has 11 atom stereocenters. The number of nitrogens with one attached hydrogen (secondary N) is 2. The number of hydrazine groups is 1. The summed E-state index contributed by atoms with van der Waals surface area (Å²) in [6, 6.07) is 2.54. The van der Waals surface area contributed by atoms with E-state index in [2.05, 4.69) is 10.9 Å². The Morgan fingerprint density at radius 3 is 2.52 bits per heavy atom. The monoisotopic (exact) mass is 888 g/mol. The summed E-state index contributed by atoms with van der Waals surface area (Å²) < 4.78 is 25.8. The molecular weight excluding hydrogens is 829 g/mol. The normalized spacial score (nSPS) is 39.4. The quantitative estimate of drug-likeness (QED) is 0.101. The van der Waals surface area contributed by atoms with Gasteiger partial charge in [-0.05, 0) is 113 Å². The van der Waals surface area contributed by atoms with Crippen LogP contribution in [0.5, 0.6) is 17.2 Å². The van der Waals surface area contributed by atoms with Crippen LogP contribution >= 0.6 is 21.6 Å². The van der Waals surface area contributed by atoms with Crippen LogP contribution in [-0.2, 0) is 14.2 Å². The van der Waals surface area contributed by atoms with Gasteiger partial charge in [0, 0.05) is 46.9 Å². The fraction of sp³-hybridized carbons (Fsp3) is 0.727. The molecule has 3 saturated carbocycles. The van der Waals surface area contributed by atoms with Crippen molar-refractivity contribution < 1.29 is 64.3 Å². The van der Waals surface area contributed by atoms with Crippen molar-refractivity contribution >= 4 is 44.1 Å². The molecule has 0 radical (unpaired) electrons. The van der Waals surface area contributed by atoms with Crippen molar-refractivity contribution in [3.63, 3.8) is 0 Å². The summed E-state index contributed by atoms with van der Waals surface area (Å²) >= 11 is 0. The number of carbonyl (C=O) groups excluding carboxylic acids is 1. The second-order valence-corrected chi connectivity index (χ2v) is 21.9. The van der Waals surface area contributed by atoms with Crippen LogP contribution in [0, 0.1) is 35.0 Å². The van der Waals surface area contributed by atoms with E-state index in [1.165, 1.54) is 50.3 Å². The molecule has 0 aromatic heterocycles. The summed E-state index contributed by atoms with van der Waals surface area (Å²) in [6.45, 7) is 3.30. The largest absolute Gasteiger partial charge is 0.507 e. The highest BCUT2D eigenvalue weighted by atomic mass is 33.1. The number of hydrogen-bond acceptors (Lipinski definition) is 16. The first-order valence-corrected chi connectivity index (χ1v) is 24.3. The number of phenolic OH excluding ortho intramolecular Hbond substituents is 2. The summed E-state index contributed by atoms with van der Waals surface area (Å²) in [6.07, 6.45) is 4.92. The van der Waals surface area contributed by atoms with E-state index in [4.69, 9.17) is 18.9 Å². The molecule has 7 aliphatic rings. The molecule has 15 nitrogen and oxygen atoms in total. The maximum atomic E-state index is 12.6. The predicted molar refractivity (Wildman–Crippen MR) is 226 cm³/mol. The lowest BCUT2D eigenvalue weighted by Crippen LogP contribution is -2.77. The fourth-order valence-corrected chi connectivity index (χ4v) is 16.3.